The van der Waals surface area contributed by atoms with Gasteiger partial charge in [0.2, 0.25) is 0 Å². The number of hydrogen-bond acceptors (Lipinski definition) is 3. The maximum absolute atomic E-state index is 12.1. The van der Waals surface area contributed by atoms with Crippen LogP contribution in [0.15, 0.2) is 47.5 Å². The molecule has 0 aliphatic carbocycles. The van der Waals surface area contributed by atoms with E-state index in [1.54, 1.807) is 42.6 Å². The molecule has 0 bridgehead atoms. The van der Waals surface area contributed by atoms with Gasteiger partial charge < -0.3 is 0 Å². The smallest absolute Gasteiger partial charge is 0.144 e. The highest BCUT2D eigenvalue weighted by atomic mass is 35.5. The Labute approximate surface area is 113 Å². The van der Waals surface area contributed by atoms with Gasteiger partial charge in [0.1, 0.15) is 11.8 Å². The maximum Gasteiger partial charge on any atom is 0.144 e. The van der Waals surface area contributed by atoms with Crippen LogP contribution in [0.1, 0.15) is 11.3 Å². The van der Waals surface area contributed by atoms with Gasteiger partial charge in [-0.2, -0.15) is 5.26 Å². The lowest BCUT2D eigenvalue weighted by Gasteiger charge is -2.04. The molecule has 0 aliphatic heterocycles. The Balaban J connectivity index is 2.25. The number of hydrogen-bond donors (Lipinski definition) is 0. The Morgan fingerprint density at radius 1 is 1.33 bits per heavy atom. The van der Waals surface area contributed by atoms with E-state index in [0.717, 1.165) is 0 Å². The second kappa shape index (κ2) is 5.76. The van der Waals surface area contributed by atoms with Crippen molar-refractivity contribution >= 4 is 22.4 Å². The Morgan fingerprint density at radius 2 is 2.17 bits per heavy atom. The van der Waals surface area contributed by atoms with Crippen LogP contribution in [-0.4, -0.2) is 9.19 Å². The lowest BCUT2D eigenvalue weighted by molar-refractivity contribution is 0.682. The second-order valence-corrected chi connectivity index (χ2v) is 5.46. The summed E-state index contributed by atoms with van der Waals surface area (Å²) in [5, 5.41) is 9.46. The molecule has 1 unspecified atom stereocenters. The van der Waals surface area contributed by atoms with E-state index < -0.39 is 10.8 Å². The molecule has 0 radical (unpaired) electrons. The average molecular weight is 277 g/mol. The first-order valence-corrected chi connectivity index (χ1v) is 6.88. The highest BCUT2D eigenvalue weighted by Crippen LogP contribution is 2.17. The molecule has 0 aliphatic rings. The van der Waals surface area contributed by atoms with Crippen LogP contribution in [0.5, 0.6) is 0 Å². The minimum absolute atomic E-state index is 0.261. The fourth-order valence-corrected chi connectivity index (χ4v) is 2.91. The van der Waals surface area contributed by atoms with E-state index in [9.17, 15) is 4.21 Å². The predicted octanol–water partition coefficient (Wildman–Crippen LogP) is 2.91. The van der Waals surface area contributed by atoms with Gasteiger partial charge in [-0.15, -0.1) is 0 Å². The molecule has 90 valence electrons. The van der Waals surface area contributed by atoms with Crippen molar-refractivity contribution in [2.75, 3.05) is 0 Å². The van der Waals surface area contributed by atoms with Crippen molar-refractivity contribution in [3.63, 3.8) is 0 Å². The van der Waals surface area contributed by atoms with Crippen molar-refractivity contribution in [1.82, 2.24) is 4.98 Å². The van der Waals surface area contributed by atoms with E-state index in [0.29, 0.717) is 21.2 Å². The summed E-state index contributed by atoms with van der Waals surface area (Å²) in [6, 6.07) is 12.4. The van der Waals surface area contributed by atoms with Gasteiger partial charge in [0.05, 0.1) is 16.6 Å². The summed E-state index contributed by atoms with van der Waals surface area (Å²) >= 11 is 5.85. The van der Waals surface area contributed by atoms with Gasteiger partial charge in [0.25, 0.3) is 0 Å². The quantitative estimate of drug-likeness (QED) is 0.866. The van der Waals surface area contributed by atoms with Crippen LogP contribution in [0.3, 0.4) is 0 Å². The summed E-state index contributed by atoms with van der Waals surface area (Å²) in [5.41, 5.74) is 0.992. The van der Waals surface area contributed by atoms with Crippen LogP contribution in [0.4, 0.5) is 0 Å². The van der Waals surface area contributed by atoms with Gasteiger partial charge in [0, 0.05) is 21.7 Å². The molecule has 1 aromatic heterocycles. The summed E-state index contributed by atoms with van der Waals surface area (Å²) < 4.78 is 12.1. The van der Waals surface area contributed by atoms with Crippen LogP contribution < -0.4 is 0 Å². The predicted molar refractivity (Wildman–Crippen MR) is 70.5 cm³/mol. The zero-order valence-electron chi connectivity index (χ0n) is 9.34. The topological polar surface area (TPSA) is 53.8 Å². The van der Waals surface area contributed by atoms with E-state index in [-0.39, 0.29) is 5.75 Å². The molecule has 0 saturated carbocycles. The van der Waals surface area contributed by atoms with Gasteiger partial charge in [-0.25, -0.2) is 4.98 Å². The molecule has 1 atom stereocenters. The molecule has 2 rings (SSSR count). The third-order valence-corrected chi connectivity index (χ3v) is 3.93. The zero-order valence-corrected chi connectivity index (χ0v) is 10.9. The summed E-state index contributed by atoms with van der Waals surface area (Å²) in [4.78, 5) is 4.59. The molecular weight excluding hydrogens is 268 g/mol. The number of nitrogens with zero attached hydrogens (tertiary/aromatic N) is 2. The van der Waals surface area contributed by atoms with Crippen LogP contribution in [0, 0.1) is 11.3 Å². The SMILES string of the molecule is N#Cc1ncccc1CS(=O)c1cccc(Cl)c1. The van der Waals surface area contributed by atoms with E-state index >= 15 is 0 Å². The molecule has 1 aromatic carbocycles. The zero-order chi connectivity index (χ0) is 13.0. The molecule has 1 heterocycles. The average Bonchev–Trinajstić information content (AvgIpc) is 2.39. The number of nitriles is 1. The molecule has 0 fully saturated rings. The third kappa shape index (κ3) is 2.95. The Morgan fingerprint density at radius 3 is 2.89 bits per heavy atom. The number of benzene rings is 1. The molecule has 0 spiro atoms. The Bertz CT molecular complexity index is 637. The number of rotatable bonds is 3. The fourth-order valence-electron chi connectivity index (χ4n) is 1.49. The molecule has 0 saturated heterocycles. The lowest BCUT2D eigenvalue weighted by atomic mass is 10.2. The third-order valence-electron chi connectivity index (χ3n) is 2.34. The first-order valence-electron chi connectivity index (χ1n) is 5.18. The van der Waals surface area contributed by atoms with Crippen LogP contribution in [-0.2, 0) is 16.6 Å². The van der Waals surface area contributed by atoms with Crippen molar-refractivity contribution in [3.05, 3.63) is 58.9 Å². The number of aromatic nitrogens is 1. The highest BCUT2D eigenvalue weighted by Gasteiger charge is 2.09. The number of halogens is 1. The maximum atomic E-state index is 12.1. The van der Waals surface area contributed by atoms with E-state index in [2.05, 4.69) is 4.98 Å². The standard InChI is InChI=1S/C13H9ClN2OS/c14-11-4-1-5-12(7-11)18(17)9-10-3-2-6-16-13(10)8-15/h1-7H,9H2. The van der Waals surface area contributed by atoms with E-state index in [1.807, 2.05) is 6.07 Å². The van der Waals surface area contributed by atoms with Crippen molar-refractivity contribution in [2.45, 2.75) is 10.6 Å². The Hall–Kier alpha value is -1.70. The summed E-state index contributed by atoms with van der Waals surface area (Å²) in [5.74, 6) is 0.261. The highest BCUT2D eigenvalue weighted by molar-refractivity contribution is 7.84. The van der Waals surface area contributed by atoms with Crippen LogP contribution in [0.2, 0.25) is 5.02 Å². The van der Waals surface area contributed by atoms with Gasteiger partial charge in [-0.05, 0) is 24.3 Å². The molecule has 5 heteroatoms. The van der Waals surface area contributed by atoms with Gasteiger partial charge in [-0.1, -0.05) is 23.7 Å². The fraction of sp³-hybridized carbons (Fsp3) is 0.0769. The first kappa shape index (κ1) is 12.7. The monoisotopic (exact) mass is 276 g/mol. The second-order valence-electron chi connectivity index (χ2n) is 3.57. The molecule has 0 amide bonds. The van der Waals surface area contributed by atoms with Gasteiger partial charge in [-0.3, -0.25) is 4.21 Å². The van der Waals surface area contributed by atoms with E-state index in [4.69, 9.17) is 16.9 Å². The summed E-state index contributed by atoms with van der Waals surface area (Å²) in [6.07, 6.45) is 1.55. The summed E-state index contributed by atoms with van der Waals surface area (Å²) in [7, 11) is -1.23. The lowest BCUT2D eigenvalue weighted by Crippen LogP contribution is -2.00. The van der Waals surface area contributed by atoms with Crippen molar-refractivity contribution in [3.8, 4) is 6.07 Å². The molecule has 2 aromatic rings. The minimum Gasteiger partial charge on any atom is -0.254 e. The van der Waals surface area contributed by atoms with Crippen LogP contribution in [0.25, 0.3) is 0 Å². The normalized spacial score (nSPS) is 11.8. The summed E-state index contributed by atoms with van der Waals surface area (Å²) in [6.45, 7) is 0. The largest absolute Gasteiger partial charge is 0.254 e. The first-order chi connectivity index (χ1) is 8.70. The van der Waals surface area contributed by atoms with E-state index in [1.165, 1.54) is 0 Å². The molecular formula is C13H9ClN2OS. The Kier molecular flexibility index (Phi) is 4.08. The van der Waals surface area contributed by atoms with Gasteiger partial charge >= 0.3 is 0 Å². The molecule has 18 heavy (non-hydrogen) atoms. The number of pyridine rings is 1. The van der Waals surface area contributed by atoms with Gasteiger partial charge in [0.15, 0.2) is 0 Å². The molecule has 3 nitrogen and oxygen atoms in total. The van der Waals surface area contributed by atoms with Crippen molar-refractivity contribution < 1.29 is 4.21 Å². The molecule has 0 N–H and O–H groups in total. The van der Waals surface area contributed by atoms with Crippen LogP contribution >= 0.6 is 11.6 Å². The van der Waals surface area contributed by atoms with Crippen molar-refractivity contribution in [1.29, 1.82) is 5.26 Å². The minimum atomic E-state index is -1.23. The van der Waals surface area contributed by atoms with Crippen molar-refractivity contribution in [2.24, 2.45) is 0 Å².